The van der Waals surface area contributed by atoms with Crippen LogP contribution in [0.1, 0.15) is 12.8 Å². The van der Waals surface area contributed by atoms with Crippen LogP contribution in [-0.2, 0) is 0 Å². The molecule has 20 heavy (non-hydrogen) atoms. The van der Waals surface area contributed by atoms with E-state index in [9.17, 15) is 4.79 Å². The van der Waals surface area contributed by atoms with Crippen molar-refractivity contribution in [3.05, 3.63) is 28.9 Å². The number of aromatic nitrogens is 1. The Labute approximate surface area is 129 Å². The van der Waals surface area contributed by atoms with Gasteiger partial charge in [0.1, 0.15) is 0 Å². The lowest BCUT2D eigenvalue weighted by atomic mass is 10.1. The number of H-pyrrole nitrogens is 1. The number of hydrogen-bond acceptors (Lipinski definition) is 2. The van der Waals surface area contributed by atoms with Crippen molar-refractivity contribution >= 4 is 44.7 Å². The Kier molecular flexibility index (Phi) is 3.94. The molecule has 2 heterocycles. The van der Waals surface area contributed by atoms with Crippen molar-refractivity contribution in [3.8, 4) is 0 Å². The number of halogens is 1. The Morgan fingerprint density at radius 2 is 2.15 bits per heavy atom. The predicted molar refractivity (Wildman–Crippen MR) is 84.5 cm³/mol. The van der Waals surface area contributed by atoms with Gasteiger partial charge in [0.05, 0.1) is 0 Å². The van der Waals surface area contributed by atoms with E-state index in [0.29, 0.717) is 18.3 Å². The average molecular weight is 355 g/mol. The highest BCUT2D eigenvalue weighted by Crippen LogP contribution is 2.36. The van der Waals surface area contributed by atoms with Crippen LogP contribution >= 0.6 is 27.7 Å². The molecule has 0 aliphatic carbocycles. The van der Waals surface area contributed by atoms with Gasteiger partial charge in [-0.1, -0.05) is 15.9 Å². The summed E-state index contributed by atoms with van der Waals surface area (Å²) in [6.45, 7) is 1.28. The molecule has 1 fully saturated rings. The van der Waals surface area contributed by atoms with E-state index in [1.165, 1.54) is 15.2 Å². The first-order chi connectivity index (χ1) is 9.63. The number of carboxylic acid groups (broad SMARTS) is 1. The highest BCUT2D eigenvalue weighted by atomic mass is 79.9. The van der Waals surface area contributed by atoms with E-state index in [4.69, 9.17) is 5.11 Å². The summed E-state index contributed by atoms with van der Waals surface area (Å²) in [5.74, 6) is 0. The van der Waals surface area contributed by atoms with Crippen LogP contribution in [0.2, 0.25) is 0 Å². The molecule has 1 amide bonds. The fourth-order valence-electron chi connectivity index (χ4n) is 2.51. The van der Waals surface area contributed by atoms with E-state index < -0.39 is 6.09 Å². The summed E-state index contributed by atoms with van der Waals surface area (Å²) >= 11 is 5.36. The monoisotopic (exact) mass is 354 g/mol. The van der Waals surface area contributed by atoms with Crippen molar-refractivity contribution in [3.63, 3.8) is 0 Å². The van der Waals surface area contributed by atoms with E-state index in [1.807, 2.05) is 24.0 Å². The SMILES string of the molecule is O=C(O)N1CCC(Sc2c[nH]c3ccc(Br)cc23)CC1. The molecule has 1 aromatic heterocycles. The zero-order valence-corrected chi connectivity index (χ0v) is 13.2. The summed E-state index contributed by atoms with van der Waals surface area (Å²) in [7, 11) is 0. The van der Waals surface area contributed by atoms with Gasteiger partial charge in [-0.2, -0.15) is 0 Å². The first-order valence-electron chi connectivity index (χ1n) is 6.54. The number of carbonyl (C=O) groups is 1. The second-order valence-electron chi connectivity index (χ2n) is 4.93. The van der Waals surface area contributed by atoms with Gasteiger partial charge >= 0.3 is 6.09 Å². The predicted octanol–water partition coefficient (Wildman–Crippen LogP) is 4.16. The topological polar surface area (TPSA) is 56.3 Å². The number of amides is 1. The van der Waals surface area contributed by atoms with E-state index in [-0.39, 0.29) is 0 Å². The first-order valence-corrected chi connectivity index (χ1v) is 8.22. The smallest absolute Gasteiger partial charge is 0.407 e. The Bertz CT molecular complexity index is 635. The summed E-state index contributed by atoms with van der Waals surface area (Å²) in [5.41, 5.74) is 1.14. The molecule has 1 saturated heterocycles. The fourth-order valence-corrected chi connectivity index (χ4v) is 4.10. The van der Waals surface area contributed by atoms with E-state index in [2.05, 4.69) is 33.0 Å². The molecule has 6 heteroatoms. The second kappa shape index (κ2) is 5.69. The molecule has 0 radical (unpaired) electrons. The number of nitrogens with one attached hydrogen (secondary N) is 1. The quantitative estimate of drug-likeness (QED) is 0.850. The van der Waals surface area contributed by atoms with Crippen molar-refractivity contribution in [1.29, 1.82) is 0 Å². The largest absolute Gasteiger partial charge is 0.465 e. The number of piperidine rings is 1. The Morgan fingerprint density at radius 1 is 1.40 bits per heavy atom. The number of aromatic amines is 1. The van der Waals surface area contributed by atoms with E-state index in [0.717, 1.165) is 22.8 Å². The van der Waals surface area contributed by atoms with Gasteiger partial charge < -0.3 is 15.0 Å². The van der Waals surface area contributed by atoms with E-state index >= 15 is 0 Å². The van der Waals surface area contributed by atoms with E-state index in [1.54, 1.807) is 0 Å². The van der Waals surface area contributed by atoms with Crippen molar-refractivity contribution in [2.24, 2.45) is 0 Å². The van der Waals surface area contributed by atoms with Crippen LogP contribution in [0.5, 0.6) is 0 Å². The molecule has 3 rings (SSSR count). The molecule has 1 aromatic carbocycles. The third-order valence-corrected chi connectivity index (χ3v) is 5.50. The zero-order valence-electron chi connectivity index (χ0n) is 10.8. The number of rotatable bonds is 2. The lowest BCUT2D eigenvalue weighted by Gasteiger charge is -2.29. The van der Waals surface area contributed by atoms with Crippen LogP contribution in [0.3, 0.4) is 0 Å². The average Bonchev–Trinajstić information content (AvgIpc) is 2.82. The molecule has 1 aliphatic heterocycles. The molecule has 0 spiro atoms. The summed E-state index contributed by atoms with van der Waals surface area (Å²) in [6, 6.07) is 6.22. The van der Waals surface area contributed by atoms with Gasteiger partial charge in [-0.15, -0.1) is 11.8 Å². The third kappa shape index (κ3) is 2.81. The summed E-state index contributed by atoms with van der Waals surface area (Å²) in [4.78, 5) is 16.9. The number of nitrogens with zero attached hydrogens (tertiary/aromatic N) is 1. The van der Waals surface area contributed by atoms with Crippen molar-refractivity contribution < 1.29 is 9.90 Å². The normalized spacial score (nSPS) is 16.8. The number of likely N-dealkylation sites (tertiary alicyclic amines) is 1. The Morgan fingerprint density at radius 3 is 2.85 bits per heavy atom. The molecule has 106 valence electrons. The third-order valence-electron chi connectivity index (χ3n) is 3.61. The van der Waals surface area contributed by atoms with Gasteiger partial charge in [-0.3, -0.25) is 0 Å². The minimum Gasteiger partial charge on any atom is -0.465 e. The number of hydrogen-bond donors (Lipinski definition) is 2. The maximum atomic E-state index is 10.9. The lowest BCUT2D eigenvalue weighted by molar-refractivity contribution is 0.136. The van der Waals surface area contributed by atoms with Gasteiger partial charge in [-0.25, -0.2) is 4.79 Å². The van der Waals surface area contributed by atoms with Crippen LogP contribution in [0.4, 0.5) is 4.79 Å². The Balaban J connectivity index is 1.71. The standard InChI is InChI=1S/C14H15BrN2O2S/c15-9-1-2-12-11(7-9)13(8-16-12)20-10-3-5-17(6-4-10)14(18)19/h1-2,7-8,10,16H,3-6H2,(H,18,19). The second-order valence-corrected chi connectivity index (χ2v) is 7.19. The highest BCUT2D eigenvalue weighted by molar-refractivity contribution is 9.10. The number of benzene rings is 1. The fraction of sp³-hybridized carbons (Fsp3) is 0.357. The van der Waals surface area contributed by atoms with Gasteiger partial charge in [0.25, 0.3) is 0 Å². The summed E-state index contributed by atoms with van der Waals surface area (Å²) in [5, 5.41) is 10.7. The molecule has 2 aromatic rings. The van der Waals surface area contributed by atoms with Gasteiger partial charge in [0, 0.05) is 44.8 Å². The van der Waals surface area contributed by atoms with Crippen LogP contribution in [0, 0.1) is 0 Å². The van der Waals surface area contributed by atoms with Crippen molar-refractivity contribution in [1.82, 2.24) is 9.88 Å². The van der Waals surface area contributed by atoms with Gasteiger partial charge in [0.2, 0.25) is 0 Å². The van der Waals surface area contributed by atoms with Crippen LogP contribution in [0.25, 0.3) is 10.9 Å². The molecule has 0 unspecified atom stereocenters. The van der Waals surface area contributed by atoms with Crippen molar-refractivity contribution in [2.45, 2.75) is 23.0 Å². The Hall–Kier alpha value is -1.14. The molecular weight excluding hydrogens is 340 g/mol. The van der Waals surface area contributed by atoms with Crippen LogP contribution in [-0.4, -0.2) is 39.4 Å². The summed E-state index contributed by atoms with van der Waals surface area (Å²) in [6.07, 6.45) is 3.07. The summed E-state index contributed by atoms with van der Waals surface area (Å²) < 4.78 is 1.08. The molecule has 2 N–H and O–H groups in total. The number of fused-ring (bicyclic) bond motifs is 1. The molecule has 0 bridgehead atoms. The van der Waals surface area contributed by atoms with Crippen molar-refractivity contribution in [2.75, 3.05) is 13.1 Å². The zero-order chi connectivity index (χ0) is 14.1. The maximum Gasteiger partial charge on any atom is 0.407 e. The molecule has 1 aliphatic rings. The van der Waals surface area contributed by atoms with Crippen LogP contribution < -0.4 is 0 Å². The van der Waals surface area contributed by atoms with Gasteiger partial charge in [-0.05, 0) is 31.0 Å². The minimum atomic E-state index is -0.801. The minimum absolute atomic E-state index is 0.489. The molecule has 0 saturated carbocycles. The number of thioether (sulfide) groups is 1. The molecular formula is C14H15BrN2O2S. The lowest BCUT2D eigenvalue weighted by Crippen LogP contribution is -2.38. The maximum absolute atomic E-state index is 10.9. The first kappa shape index (κ1) is 13.8. The molecule has 0 atom stereocenters. The molecule has 4 nitrogen and oxygen atoms in total. The van der Waals surface area contributed by atoms with Gasteiger partial charge in [0.15, 0.2) is 0 Å². The highest BCUT2D eigenvalue weighted by Gasteiger charge is 2.23. The van der Waals surface area contributed by atoms with Crippen LogP contribution in [0.15, 0.2) is 33.8 Å².